The maximum Gasteiger partial charge on any atom is 0.180 e. The fourth-order valence-electron chi connectivity index (χ4n) is 2.01. The SMILES string of the molecule is Fc1c(F)c(CC2CCCN2)c(Br)c(F)c1Cl. The van der Waals surface area contributed by atoms with Crippen LogP contribution in [-0.4, -0.2) is 12.6 Å². The van der Waals surface area contributed by atoms with Crippen LogP contribution in [0.15, 0.2) is 4.47 Å². The second-order valence-electron chi connectivity index (χ2n) is 4.05. The number of rotatable bonds is 2. The lowest BCUT2D eigenvalue weighted by molar-refractivity contribution is 0.473. The van der Waals surface area contributed by atoms with Gasteiger partial charge in [-0.15, -0.1) is 0 Å². The van der Waals surface area contributed by atoms with Gasteiger partial charge in [-0.1, -0.05) is 11.6 Å². The number of nitrogens with one attached hydrogen (secondary N) is 1. The van der Waals surface area contributed by atoms with E-state index in [4.69, 9.17) is 11.6 Å². The van der Waals surface area contributed by atoms with Gasteiger partial charge in [-0.2, -0.15) is 0 Å². The average Bonchev–Trinajstić information content (AvgIpc) is 2.82. The Morgan fingerprint density at radius 1 is 1.24 bits per heavy atom. The van der Waals surface area contributed by atoms with Gasteiger partial charge < -0.3 is 5.32 Å². The molecular formula is C11H10BrClF3N. The first-order valence-electron chi connectivity index (χ1n) is 5.26. The Kier molecular flexibility index (Phi) is 4.00. The van der Waals surface area contributed by atoms with E-state index < -0.39 is 22.5 Å². The van der Waals surface area contributed by atoms with Crippen LogP contribution in [0.1, 0.15) is 18.4 Å². The van der Waals surface area contributed by atoms with Gasteiger partial charge in [0.25, 0.3) is 0 Å². The van der Waals surface area contributed by atoms with Gasteiger partial charge in [0.1, 0.15) is 5.02 Å². The predicted molar refractivity (Wildman–Crippen MR) is 63.8 cm³/mol. The van der Waals surface area contributed by atoms with Crippen molar-refractivity contribution in [2.45, 2.75) is 25.3 Å². The molecule has 0 amide bonds. The highest BCUT2D eigenvalue weighted by atomic mass is 79.9. The molecule has 0 aliphatic carbocycles. The van der Waals surface area contributed by atoms with Gasteiger partial charge in [0.15, 0.2) is 17.5 Å². The van der Waals surface area contributed by atoms with Crippen molar-refractivity contribution < 1.29 is 13.2 Å². The minimum atomic E-state index is -1.32. The molecule has 1 aliphatic rings. The van der Waals surface area contributed by atoms with Crippen LogP contribution in [0.2, 0.25) is 5.02 Å². The van der Waals surface area contributed by atoms with Crippen molar-refractivity contribution in [3.63, 3.8) is 0 Å². The van der Waals surface area contributed by atoms with Gasteiger partial charge >= 0.3 is 0 Å². The van der Waals surface area contributed by atoms with Crippen LogP contribution in [0.3, 0.4) is 0 Å². The molecule has 0 saturated carbocycles. The third kappa shape index (κ3) is 2.46. The Balaban J connectivity index is 2.38. The molecule has 6 heteroatoms. The second-order valence-corrected chi connectivity index (χ2v) is 5.22. The minimum Gasteiger partial charge on any atom is -0.314 e. The number of hydrogen-bond donors (Lipinski definition) is 1. The van der Waals surface area contributed by atoms with Crippen LogP contribution in [0, 0.1) is 17.5 Å². The summed E-state index contributed by atoms with van der Waals surface area (Å²) < 4.78 is 40.4. The van der Waals surface area contributed by atoms with Gasteiger partial charge in [-0.3, -0.25) is 0 Å². The lowest BCUT2D eigenvalue weighted by Gasteiger charge is -2.14. The summed E-state index contributed by atoms with van der Waals surface area (Å²) in [6.07, 6.45) is 2.11. The quantitative estimate of drug-likeness (QED) is 0.643. The zero-order chi connectivity index (χ0) is 12.6. The van der Waals surface area contributed by atoms with Crippen molar-refractivity contribution in [3.8, 4) is 0 Å². The van der Waals surface area contributed by atoms with Crippen LogP contribution >= 0.6 is 27.5 Å². The van der Waals surface area contributed by atoms with Crippen LogP contribution in [0.5, 0.6) is 0 Å². The molecule has 0 radical (unpaired) electrons. The summed E-state index contributed by atoms with van der Waals surface area (Å²) in [6, 6.07) is 0.0563. The van der Waals surface area contributed by atoms with Crippen LogP contribution in [0.4, 0.5) is 13.2 Å². The average molecular weight is 329 g/mol. The Morgan fingerprint density at radius 2 is 1.94 bits per heavy atom. The molecular weight excluding hydrogens is 318 g/mol. The van der Waals surface area contributed by atoms with Crippen LogP contribution in [0.25, 0.3) is 0 Å². The van der Waals surface area contributed by atoms with Crippen molar-refractivity contribution >= 4 is 27.5 Å². The Labute approximate surface area is 110 Å². The Bertz CT molecular complexity index is 418. The number of benzene rings is 1. The molecule has 0 aromatic heterocycles. The molecule has 1 heterocycles. The van der Waals surface area contributed by atoms with Crippen molar-refractivity contribution in [1.29, 1.82) is 0 Å². The molecule has 1 N–H and O–H groups in total. The zero-order valence-electron chi connectivity index (χ0n) is 8.80. The van der Waals surface area contributed by atoms with E-state index in [0.29, 0.717) is 0 Å². The second kappa shape index (κ2) is 5.16. The molecule has 0 bridgehead atoms. The van der Waals surface area contributed by atoms with Gasteiger partial charge in [0.05, 0.1) is 4.47 Å². The lowest BCUT2D eigenvalue weighted by atomic mass is 10.0. The van der Waals surface area contributed by atoms with E-state index in [1.807, 2.05) is 0 Å². The third-order valence-corrected chi connectivity index (χ3v) is 4.07. The fraction of sp³-hybridized carbons (Fsp3) is 0.455. The van der Waals surface area contributed by atoms with Gasteiger partial charge in [-0.25, -0.2) is 13.2 Å². The maximum atomic E-state index is 13.7. The van der Waals surface area contributed by atoms with Crippen molar-refractivity contribution in [2.75, 3.05) is 6.54 Å². The summed E-state index contributed by atoms with van der Waals surface area (Å²) >= 11 is 8.27. The first-order valence-corrected chi connectivity index (χ1v) is 6.43. The molecule has 2 rings (SSSR count). The first-order chi connectivity index (χ1) is 8.02. The van der Waals surface area contributed by atoms with Crippen LogP contribution in [-0.2, 0) is 6.42 Å². The Morgan fingerprint density at radius 3 is 2.53 bits per heavy atom. The molecule has 1 atom stereocenters. The van der Waals surface area contributed by atoms with Crippen molar-refractivity contribution in [3.05, 3.63) is 32.5 Å². The molecule has 17 heavy (non-hydrogen) atoms. The third-order valence-electron chi connectivity index (χ3n) is 2.91. The minimum absolute atomic E-state index is 0.00352. The predicted octanol–water partition coefficient (Wildman–Crippen LogP) is 3.81. The largest absolute Gasteiger partial charge is 0.314 e. The topological polar surface area (TPSA) is 12.0 Å². The van der Waals surface area contributed by atoms with Gasteiger partial charge in [0.2, 0.25) is 0 Å². The first kappa shape index (κ1) is 13.2. The summed E-state index contributed by atoms with van der Waals surface area (Å²) in [5, 5.41) is 2.34. The molecule has 1 unspecified atom stereocenters. The van der Waals surface area contributed by atoms with Crippen molar-refractivity contribution in [1.82, 2.24) is 5.32 Å². The summed E-state index contributed by atoms with van der Waals surface area (Å²) in [5.41, 5.74) is 0.00352. The number of halogens is 5. The normalized spacial score (nSPS) is 19.9. The monoisotopic (exact) mass is 327 g/mol. The van der Waals surface area contributed by atoms with Gasteiger partial charge in [0, 0.05) is 11.6 Å². The van der Waals surface area contributed by atoms with E-state index in [1.165, 1.54) is 0 Å². The van der Waals surface area contributed by atoms with E-state index in [-0.39, 0.29) is 22.5 Å². The van der Waals surface area contributed by atoms with E-state index in [0.717, 1.165) is 19.4 Å². The summed E-state index contributed by atoms with van der Waals surface area (Å²) in [7, 11) is 0. The van der Waals surface area contributed by atoms with Crippen LogP contribution < -0.4 is 5.32 Å². The molecule has 1 fully saturated rings. The van der Waals surface area contributed by atoms with Crippen molar-refractivity contribution in [2.24, 2.45) is 0 Å². The molecule has 1 nitrogen and oxygen atoms in total. The maximum absolute atomic E-state index is 13.7. The fourth-order valence-corrected chi connectivity index (χ4v) is 2.83. The Hall–Kier alpha value is -0.260. The van der Waals surface area contributed by atoms with E-state index in [2.05, 4.69) is 21.2 Å². The number of hydrogen-bond acceptors (Lipinski definition) is 1. The molecule has 1 aliphatic heterocycles. The highest BCUT2D eigenvalue weighted by Gasteiger charge is 2.25. The molecule has 0 spiro atoms. The standard InChI is InChI=1S/C11H10BrClF3N/c12-7-6(4-5-2-1-3-17-5)9(14)11(16)8(13)10(7)15/h5,17H,1-4H2. The molecule has 1 aromatic carbocycles. The lowest BCUT2D eigenvalue weighted by Crippen LogP contribution is -2.24. The summed E-state index contributed by atoms with van der Waals surface area (Å²) in [6.45, 7) is 0.850. The highest BCUT2D eigenvalue weighted by molar-refractivity contribution is 9.10. The highest BCUT2D eigenvalue weighted by Crippen LogP contribution is 2.33. The smallest absolute Gasteiger partial charge is 0.180 e. The van der Waals surface area contributed by atoms with E-state index in [9.17, 15) is 13.2 Å². The van der Waals surface area contributed by atoms with Gasteiger partial charge in [-0.05, 0) is 41.7 Å². The zero-order valence-corrected chi connectivity index (χ0v) is 11.1. The molecule has 1 saturated heterocycles. The summed E-state index contributed by atoms with van der Waals surface area (Å²) in [5.74, 6) is -3.34. The molecule has 94 valence electrons. The van der Waals surface area contributed by atoms with E-state index >= 15 is 0 Å². The molecule has 1 aromatic rings. The van der Waals surface area contributed by atoms with E-state index in [1.54, 1.807) is 0 Å². The summed E-state index contributed by atoms with van der Waals surface area (Å²) in [4.78, 5) is 0.